The molecule has 2 aromatic rings. The molecule has 0 aliphatic carbocycles. The van der Waals surface area contributed by atoms with E-state index in [2.05, 4.69) is 35.0 Å². The first kappa shape index (κ1) is 26.1. The zero-order chi connectivity index (χ0) is 25.5. The van der Waals surface area contributed by atoms with E-state index in [9.17, 15) is 9.59 Å². The Morgan fingerprint density at radius 3 is 2.56 bits per heavy atom. The van der Waals surface area contributed by atoms with Crippen LogP contribution in [0.15, 0.2) is 48.5 Å². The van der Waals surface area contributed by atoms with Gasteiger partial charge in [0.1, 0.15) is 17.4 Å². The number of amides is 2. The maximum Gasteiger partial charge on any atom is 0.245 e. The first-order valence-electron chi connectivity index (χ1n) is 12.8. The highest BCUT2D eigenvalue weighted by Crippen LogP contribution is 2.38. The average Bonchev–Trinajstić information content (AvgIpc) is 3.39. The number of nitrogens with zero attached hydrogens (tertiary/aromatic N) is 1. The second-order valence-electron chi connectivity index (χ2n) is 9.68. The van der Waals surface area contributed by atoms with Crippen LogP contribution in [0.3, 0.4) is 0 Å². The molecule has 194 valence electrons. The molecule has 2 heterocycles. The lowest BCUT2D eigenvalue weighted by Crippen LogP contribution is -2.66. The molecule has 2 amide bonds. The summed E-state index contributed by atoms with van der Waals surface area (Å²) in [7, 11) is 1.62. The van der Waals surface area contributed by atoms with Gasteiger partial charge in [0, 0.05) is 38.7 Å². The maximum absolute atomic E-state index is 13.7. The van der Waals surface area contributed by atoms with Crippen molar-refractivity contribution in [3.8, 4) is 5.75 Å². The van der Waals surface area contributed by atoms with Gasteiger partial charge in [-0.2, -0.15) is 0 Å². The Kier molecular flexibility index (Phi) is 8.61. The van der Waals surface area contributed by atoms with Gasteiger partial charge in [0.05, 0.1) is 20.2 Å². The molecule has 4 rings (SSSR count). The summed E-state index contributed by atoms with van der Waals surface area (Å²) in [5.74, 6) is 0.570. The number of benzene rings is 2. The first-order valence-corrected chi connectivity index (χ1v) is 12.8. The van der Waals surface area contributed by atoms with Crippen molar-refractivity contribution >= 4 is 11.8 Å². The summed E-state index contributed by atoms with van der Waals surface area (Å²) in [5.41, 5.74) is 2.72. The summed E-state index contributed by atoms with van der Waals surface area (Å²) >= 11 is 0. The largest absolute Gasteiger partial charge is 0.497 e. The second-order valence-corrected chi connectivity index (χ2v) is 9.68. The molecule has 2 saturated heterocycles. The third kappa shape index (κ3) is 6.06. The fourth-order valence-corrected chi connectivity index (χ4v) is 5.15. The zero-order valence-corrected chi connectivity index (χ0v) is 21.5. The number of methoxy groups -OCH3 is 1. The van der Waals surface area contributed by atoms with Crippen molar-refractivity contribution in [1.29, 1.82) is 0 Å². The molecule has 0 bridgehead atoms. The Morgan fingerprint density at radius 2 is 1.92 bits per heavy atom. The van der Waals surface area contributed by atoms with E-state index < -0.39 is 11.6 Å². The highest BCUT2D eigenvalue weighted by molar-refractivity contribution is 5.88. The van der Waals surface area contributed by atoms with Gasteiger partial charge < -0.3 is 30.3 Å². The van der Waals surface area contributed by atoms with Crippen molar-refractivity contribution in [2.75, 3.05) is 40.0 Å². The van der Waals surface area contributed by atoms with Crippen LogP contribution in [-0.2, 0) is 26.3 Å². The predicted molar refractivity (Wildman–Crippen MR) is 139 cm³/mol. The van der Waals surface area contributed by atoms with Crippen LogP contribution in [0.25, 0.3) is 0 Å². The molecule has 1 unspecified atom stereocenters. The van der Waals surface area contributed by atoms with Gasteiger partial charge in [0.15, 0.2) is 0 Å². The number of likely N-dealkylation sites (tertiary alicyclic amines) is 1. The molecule has 36 heavy (non-hydrogen) atoms. The van der Waals surface area contributed by atoms with Gasteiger partial charge in [0.2, 0.25) is 11.8 Å². The van der Waals surface area contributed by atoms with Gasteiger partial charge in [0.25, 0.3) is 0 Å². The summed E-state index contributed by atoms with van der Waals surface area (Å²) in [6.07, 6.45) is 1.52. The summed E-state index contributed by atoms with van der Waals surface area (Å²) in [5, 5.41) is 9.59. The molecule has 2 aliphatic heterocycles. The minimum Gasteiger partial charge on any atom is -0.497 e. The number of aryl methyl sites for hydroxylation is 1. The van der Waals surface area contributed by atoms with Crippen LogP contribution in [0, 0.1) is 6.92 Å². The van der Waals surface area contributed by atoms with E-state index in [1.54, 1.807) is 12.0 Å². The van der Waals surface area contributed by atoms with E-state index in [-0.39, 0.29) is 17.9 Å². The minimum absolute atomic E-state index is 0.0799. The van der Waals surface area contributed by atoms with Crippen LogP contribution >= 0.6 is 0 Å². The quantitative estimate of drug-likeness (QED) is 0.443. The molecule has 0 spiro atoms. The number of carbonyl (C=O) groups excluding carboxylic acids is 2. The van der Waals surface area contributed by atoms with Gasteiger partial charge in [-0.15, -0.1) is 0 Å². The molecule has 2 fully saturated rings. The van der Waals surface area contributed by atoms with Crippen LogP contribution in [0.2, 0.25) is 0 Å². The fraction of sp³-hybridized carbons (Fsp3) is 0.500. The Labute approximate surface area is 213 Å². The lowest BCUT2D eigenvalue weighted by molar-refractivity contribution is -0.173. The molecule has 2 aromatic carbocycles. The third-order valence-electron chi connectivity index (χ3n) is 7.12. The molecular formula is C28H38N4O4. The molecule has 0 aromatic heterocycles. The van der Waals surface area contributed by atoms with Crippen LogP contribution in [0.5, 0.6) is 5.75 Å². The van der Waals surface area contributed by atoms with E-state index in [0.29, 0.717) is 32.5 Å². The van der Waals surface area contributed by atoms with Crippen molar-refractivity contribution in [1.82, 2.24) is 20.9 Å². The predicted octanol–water partition coefficient (Wildman–Crippen LogP) is 2.10. The summed E-state index contributed by atoms with van der Waals surface area (Å²) in [6, 6.07) is 15.4. The van der Waals surface area contributed by atoms with Gasteiger partial charge in [-0.3, -0.25) is 9.59 Å². The summed E-state index contributed by atoms with van der Waals surface area (Å²) in [4.78, 5) is 28.3. The molecule has 2 aliphatic rings. The number of ether oxygens (including phenoxy) is 2. The van der Waals surface area contributed by atoms with Crippen molar-refractivity contribution in [3.05, 3.63) is 65.2 Å². The summed E-state index contributed by atoms with van der Waals surface area (Å²) in [6.45, 7) is 7.17. The van der Waals surface area contributed by atoms with Crippen molar-refractivity contribution < 1.29 is 19.1 Å². The van der Waals surface area contributed by atoms with Crippen molar-refractivity contribution in [2.24, 2.45) is 0 Å². The van der Waals surface area contributed by atoms with E-state index in [1.165, 1.54) is 0 Å². The highest BCUT2D eigenvalue weighted by atomic mass is 16.5. The van der Waals surface area contributed by atoms with Crippen molar-refractivity contribution in [2.45, 2.75) is 50.8 Å². The van der Waals surface area contributed by atoms with Crippen LogP contribution in [0.4, 0.5) is 0 Å². The fourth-order valence-electron chi connectivity index (χ4n) is 5.15. The first-order chi connectivity index (χ1) is 17.4. The molecule has 3 N–H and O–H groups in total. The highest BCUT2D eigenvalue weighted by Gasteiger charge is 2.49. The SMILES string of the molecule is CCOC1(c2ccccc2C)CN(C(=O)[C@H](Cc2ccc(OC)cc2)NC(=O)CCC2CNCN2)C1. The topological polar surface area (TPSA) is 91.9 Å². The molecule has 8 nitrogen and oxygen atoms in total. The number of nitrogens with one attached hydrogen (secondary N) is 3. The van der Waals surface area contributed by atoms with Gasteiger partial charge >= 0.3 is 0 Å². The average molecular weight is 495 g/mol. The van der Waals surface area contributed by atoms with E-state index in [4.69, 9.17) is 9.47 Å². The number of carbonyl (C=O) groups is 2. The van der Waals surface area contributed by atoms with E-state index >= 15 is 0 Å². The van der Waals surface area contributed by atoms with Crippen LogP contribution in [-0.4, -0.2) is 68.8 Å². The maximum atomic E-state index is 13.7. The number of hydrogen-bond acceptors (Lipinski definition) is 6. The second kappa shape index (κ2) is 11.9. The molecule has 8 heteroatoms. The Morgan fingerprint density at radius 1 is 1.17 bits per heavy atom. The molecular weight excluding hydrogens is 456 g/mol. The summed E-state index contributed by atoms with van der Waals surface area (Å²) < 4.78 is 11.5. The smallest absolute Gasteiger partial charge is 0.245 e. The number of hydrogen-bond donors (Lipinski definition) is 3. The van der Waals surface area contributed by atoms with Crippen LogP contribution in [0.1, 0.15) is 36.5 Å². The zero-order valence-electron chi connectivity index (χ0n) is 21.5. The molecule has 2 atom stereocenters. The standard InChI is InChI=1S/C28H38N4O4/c1-4-36-28(24-8-6-5-7-20(24)2)17-32(18-28)27(34)25(15-21-9-12-23(35-3)13-10-21)31-26(33)14-11-22-16-29-19-30-22/h5-10,12-13,22,25,29-30H,4,11,14-19H2,1-3H3,(H,31,33)/t22?,25-/m0/s1. The van der Waals surface area contributed by atoms with Crippen LogP contribution < -0.4 is 20.7 Å². The lowest BCUT2D eigenvalue weighted by atomic mass is 9.82. The molecule has 0 saturated carbocycles. The lowest BCUT2D eigenvalue weighted by Gasteiger charge is -2.51. The third-order valence-corrected chi connectivity index (χ3v) is 7.12. The Hall–Kier alpha value is -2.94. The van der Waals surface area contributed by atoms with E-state index in [0.717, 1.165) is 42.1 Å². The van der Waals surface area contributed by atoms with Gasteiger partial charge in [-0.05, 0) is 49.1 Å². The van der Waals surface area contributed by atoms with E-state index in [1.807, 2.05) is 43.3 Å². The minimum atomic E-state index is -0.642. The van der Waals surface area contributed by atoms with Gasteiger partial charge in [-0.25, -0.2) is 0 Å². The van der Waals surface area contributed by atoms with Gasteiger partial charge in [-0.1, -0.05) is 36.4 Å². The normalized spacial score (nSPS) is 19.4. The number of rotatable bonds is 11. The van der Waals surface area contributed by atoms with Crippen molar-refractivity contribution in [3.63, 3.8) is 0 Å². The Balaban J connectivity index is 1.46. The molecule has 0 radical (unpaired) electrons. The monoisotopic (exact) mass is 494 g/mol. The Bertz CT molecular complexity index is 1030.